The van der Waals surface area contributed by atoms with E-state index in [0.29, 0.717) is 5.69 Å². The van der Waals surface area contributed by atoms with Gasteiger partial charge in [0.05, 0.1) is 17.1 Å². The highest BCUT2D eigenvalue weighted by atomic mass is 32.2. The predicted octanol–water partition coefficient (Wildman–Crippen LogP) is 1.81. The van der Waals surface area contributed by atoms with E-state index in [2.05, 4.69) is 15.0 Å². The molecule has 0 bridgehead atoms. The van der Waals surface area contributed by atoms with E-state index >= 15 is 0 Å². The molecule has 5 nitrogen and oxygen atoms in total. The SMILES string of the molecule is CCNc1ccc(NS(=O)(=O)C2CCC2)cn1. The fourth-order valence-electron chi connectivity index (χ4n) is 1.67. The Labute approximate surface area is 102 Å². The summed E-state index contributed by atoms with van der Waals surface area (Å²) in [7, 11) is -3.21. The van der Waals surface area contributed by atoms with Crippen molar-refractivity contribution < 1.29 is 8.42 Å². The molecule has 0 amide bonds. The zero-order chi connectivity index (χ0) is 12.3. The van der Waals surface area contributed by atoms with Crippen molar-refractivity contribution in [3.05, 3.63) is 18.3 Å². The monoisotopic (exact) mass is 255 g/mol. The molecule has 2 N–H and O–H groups in total. The smallest absolute Gasteiger partial charge is 0.235 e. The lowest BCUT2D eigenvalue weighted by molar-refractivity contribution is 0.479. The number of nitrogens with one attached hydrogen (secondary N) is 2. The number of rotatable bonds is 5. The summed E-state index contributed by atoms with van der Waals surface area (Å²) in [5.74, 6) is 0.749. The Morgan fingerprint density at radius 3 is 2.65 bits per heavy atom. The molecule has 94 valence electrons. The minimum absolute atomic E-state index is 0.226. The zero-order valence-electron chi connectivity index (χ0n) is 9.81. The Hall–Kier alpha value is -1.30. The van der Waals surface area contributed by atoms with Crippen molar-refractivity contribution in [2.75, 3.05) is 16.6 Å². The molecule has 6 heteroatoms. The van der Waals surface area contributed by atoms with E-state index in [-0.39, 0.29) is 5.25 Å². The van der Waals surface area contributed by atoms with Gasteiger partial charge in [0.1, 0.15) is 5.82 Å². The van der Waals surface area contributed by atoms with Gasteiger partial charge in [-0.1, -0.05) is 6.42 Å². The summed E-state index contributed by atoms with van der Waals surface area (Å²) in [4.78, 5) is 4.12. The van der Waals surface area contributed by atoms with Crippen LogP contribution < -0.4 is 10.0 Å². The highest BCUT2D eigenvalue weighted by Crippen LogP contribution is 2.27. The topological polar surface area (TPSA) is 71.1 Å². The van der Waals surface area contributed by atoms with Crippen molar-refractivity contribution in [3.8, 4) is 0 Å². The highest BCUT2D eigenvalue weighted by Gasteiger charge is 2.31. The van der Waals surface area contributed by atoms with Crippen LogP contribution >= 0.6 is 0 Å². The maximum Gasteiger partial charge on any atom is 0.235 e. The largest absolute Gasteiger partial charge is 0.370 e. The molecule has 1 aliphatic rings. The molecule has 1 heterocycles. The van der Waals surface area contributed by atoms with Crippen LogP contribution in [-0.4, -0.2) is 25.2 Å². The van der Waals surface area contributed by atoms with Gasteiger partial charge in [0.15, 0.2) is 0 Å². The highest BCUT2D eigenvalue weighted by molar-refractivity contribution is 7.93. The summed E-state index contributed by atoms with van der Waals surface area (Å²) in [5, 5.41) is 2.83. The fraction of sp³-hybridized carbons (Fsp3) is 0.545. The summed E-state index contributed by atoms with van der Waals surface area (Å²) >= 11 is 0. The Kier molecular flexibility index (Phi) is 3.51. The zero-order valence-corrected chi connectivity index (χ0v) is 10.6. The third-order valence-corrected chi connectivity index (χ3v) is 4.74. The first kappa shape index (κ1) is 12.2. The van der Waals surface area contributed by atoms with E-state index in [1.54, 1.807) is 12.1 Å². The molecular weight excluding hydrogens is 238 g/mol. The van der Waals surface area contributed by atoms with E-state index in [0.717, 1.165) is 31.6 Å². The van der Waals surface area contributed by atoms with Gasteiger partial charge in [-0.3, -0.25) is 4.72 Å². The number of nitrogens with zero attached hydrogens (tertiary/aromatic N) is 1. The lowest BCUT2D eigenvalue weighted by atomic mass is 10.0. The quantitative estimate of drug-likeness (QED) is 0.841. The molecule has 0 aromatic carbocycles. The summed E-state index contributed by atoms with van der Waals surface area (Å²) in [5.41, 5.74) is 0.526. The normalized spacial score (nSPS) is 16.3. The second kappa shape index (κ2) is 4.91. The van der Waals surface area contributed by atoms with Gasteiger partial charge in [-0.05, 0) is 31.9 Å². The molecule has 1 aliphatic carbocycles. The molecule has 0 spiro atoms. The molecule has 1 fully saturated rings. The molecule has 0 radical (unpaired) electrons. The number of hydrogen-bond donors (Lipinski definition) is 2. The summed E-state index contributed by atoms with van der Waals surface area (Å²) in [6.45, 7) is 2.77. The average Bonchev–Trinajstić information content (AvgIpc) is 2.17. The molecule has 17 heavy (non-hydrogen) atoms. The van der Waals surface area contributed by atoms with Gasteiger partial charge >= 0.3 is 0 Å². The van der Waals surface area contributed by atoms with Crippen LogP contribution in [0.2, 0.25) is 0 Å². The molecule has 1 saturated carbocycles. The van der Waals surface area contributed by atoms with Gasteiger partial charge in [0.2, 0.25) is 10.0 Å². The maximum absolute atomic E-state index is 11.8. The van der Waals surface area contributed by atoms with Crippen molar-refractivity contribution in [1.82, 2.24) is 4.98 Å². The first-order valence-corrected chi connectivity index (χ1v) is 7.38. The number of sulfonamides is 1. The molecular formula is C11H17N3O2S. The van der Waals surface area contributed by atoms with Crippen LogP contribution in [0.3, 0.4) is 0 Å². The Balaban J connectivity index is 2.03. The minimum Gasteiger partial charge on any atom is -0.370 e. The molecule has 1 aromatic heterocycles. The first-order chi connectivity index (χ1) is 8.12. The molecule has 2 rings (SSSR count). The van der Waals surface area contributed by atoms with Crippen molar-refractivity contribution in [2.45, 2.75) is 31.4 Å². The summed E-state index contributed by atoms with van der Waals surface area (Å²) in [6, 6.07) is 3.49. The van der Waals surface area contributed by atoms with Gasteiger partial charge < -0.3 is 5.32 Å². The van der Waals surface area contributed by atoms with Crippen molar-refractivity contribution >= 4 is 21.5 Å². The van der Waals surface area contributed by atoms with Gasteiger partial charge in [-0.15, -0.1) is 0 Å². The molecule has 0 atom stereocenters. The summed E-state index contributed by atoms with van der Waals surface area (Å²) in [6.07, 6.45) is 4.06. The maximum atomic E-state index is 11.8. The Morgan fingerprint density at radius 2 is 2.18 bits per heavy atom. The van der Waals surface area contributed by atoms with Gasteiger partial charge in [-0.25, -0.2) is 13.4 Å². The van der Waals surface area contributed by atoms with Crippen LogP contribution in [0.15, 0.2) is 18.3 Å². The molecule has 0 aliphatic heterocycles. The summed E-state index contributed by atoms with van der Waals surface area (Å²) < 4.78 is 26.2. The predicted molar refractivity (Wildman–Crippen MR) is 68.6 cm³/mol. The van der Waals surface area contributed by atoms with Crippen LogP contribution in [0.1, 0.15) is 26.2 Å². The second-order valence-corrected chi connectivity index (χ2v) is 6.12. The van der Waals surface area contributed by atoms with Crippen LogP contribution in [0, 0.1) is 0 Å². The molecule has 1 aromatic rings. The number of anilines is 2. The van der Waals surface area contributed by atoms with Crippen molar-refractivity contribution in [1.29, 1.82) is 0 Å². The van der Waals surface area contributed by atoms with Crippen molar-refractivity contribution in [2.24, 2.45) is 0 Å². The van der Waals surface area contributed by atoms with Gasteiger partial charge in [-0.2, -0.15) is 0 Å². The van der Waals surface area contributed by atoms with Crippen LogP contribution in [-0.2, 0) is 10.0 Å². The minimum atomic E-state index is -3.21. The van der Waals surface area contributed by atoms with Crippen LogP contribution in [0.4, 0.5) is 11.5 Å². The Morgan fingerprint density at radius 1 is 1.41 bits per heavy atom. The third kappa shape index (κ3) is 2.88. The average molecular weight is 255 g/mol. The van der Waals surface area contributed by atoms with Gasteiger partial charge in [0.25, 0.3) is 0 Å². The first-order valence-electron chi connectivity index (χ1n) is 5.83. The molecule has 0 saturated heterocycles. The van der Waals surface area contributed by atoms with Crippen molar-refractivity contribution in [3.63, 3.8) is 0 Å². The molecule has 0 unspecified atom stereocenters. The standard InChI is InChI=1S/C11H17N3O2S/c1-2-12-11-7-6-9(8-13-11)14-17(15,16)10-4-3-5-10/h6-8,10,14H,2-5H2,1H3,(H,12,13). The fourth-order valence-corrected chi connectivity index (χ4v) is 3.24. The Bertz CT molecular complexity index is 466. The number of aromatic nitrogens is 1. The van der Waals surface area contributed by atoms with Crippen LogP contribution in [0.5, 0.6) is 0 Å². The third-order valence-electron chi connectivity index (χ3n) is 2.87. The van der Waals surface area contributed by atoms with Crippen LogP contribution in [0.25, 0.3) is 0 Å². The van der Waals surface area contributed by atoms with E-state index in [1.165, 1.54) is 6.20 Å². The van der Waals surface area contributed by atoms with E-state index in [1.807, 2.05) is 6.92 Å². The van der Waals surface area contributed by atoms with E-state index < -0.39 is 10.0 Å². The number of hydrogen-bond acceptors (Lipinski definition) is 4. The second-order valence-electron chi connectivity index (χ2n) is 4.16. The van der Waals surface area contributed by atoms with E-state index in [9.17, 15) is 8.42 Å². The lowest BCUT2D eigenvalue weighted by Crippen LogP contribution is -2.33. The van der Waals surface area contributed by atoms with E-state index in [4.69, 9.17) is 0 Å². The van der Waals surface area contributed by atoms with Gasteiger partial charge in [0, 0.05) is 6.54 Å². The lowest BCUT2D eigenvalue weighted by Gasteiger charge is -2.25. The number of pyridine rings is 1.